The van der Waals surface area contributed by atoms with Gasteiger partial charge in [-0.05, 0) is 52.8 Å². The summed E-state index contributed by atoms with van der Waals surface area (Å²) in [5.41, 5.74) is 5.95. The third-order valence-electron chi connectivity index (χ3n) is 3.98. The molecular formula is C20H26O2. The summed E-state index contributed by atoms with van der Waals surface area (Å²) in [4.78, 5) is 0. The van der Waals surface area contributed by atoms with Gasteiger partial charge in [0.25, 0.3) is 0 Å². The van der Waals surface area contributed by atoms with Gasteiger partial charge in [-0.1, -0.05) is 51.0 Å². The molecule has 1 N–H and O–H groups in total. The van der Waals surface area contributed by atoms with Crippen LogP contribution in [0.5, 0.6) is 5.75 Å². The van der Waals surface area contributed by atoms with Crippen LogP contribution in [0.4, 0.5) is 0 Å². The number of aliphatic hydroxyl groups excluding tert-OH is 1. The second-order valence-electron chi connectivity index (χ2n) is 5.67. The average Bonchev–Trinajstić information content (AvgIpc) is 2.56. The summed E-state index contributed by atoms with van der Waals surface area (Å²) in [6.45, 7) is 4.48. The smallest absolute Gasteiger partial charge is 0.122 e. The minimum Gasteiger partial charge on any atom is -0.496 e. The van der Waals surface area contributed by atoms with Crippen LogP contribution in [0.15, 0.2) is 36.4 Å². The van der Waals surface area contributed by atoms with E-state index in [2.05, 4.69) is 32.0 Å². The van der Waals surface area contributed by atoms with Crippen molar-refractivity contribution in [2.24, 2.45) is 0 Å². The van der Waals surface area contributed by atoms with Gasteiger partial charge in [0.15, 0.2) is 0 Å². The molecule has 0 unspecified atom stereocenters. The maximum absolute atomic E-state index is 9.34. The number of hydrogen-bond donors (Lipinski definition) is 1. The Morgan fingerprint density at radius 1 is 0.955 bits per heavy atom. The third-order valence-corrected chi connectivity index (χ3v) is 3.98. The summed E-state index contributed by atoms with van der Waals surface area (Å²) in [6.07, 6.45) is 4.36. The molecule has 22 heavy (non-hydrogen) atoms. The van der Waals surface area contributed by atoms with E-state index in [9.17, 15) is 5.11 Å². The molecular weight excluding hydrogens is 272 g/mol. The summed E-state index contributed by atoms with van der Waals surface area (Å²) < 4.78 is 5.65. The largest absolute Gasteiger partial charge is 0.496 e. The predicted octanol–water partition coefficient (Wildman–Crippen LogP) is 4.76. The Bertz CT molecular complexity index is 617. The van der Waals surface area contributed by atoms with Crippen molar-refractivity contribution in [3.63, 3.8) is 0 Å². The zero-order chi connectivity index (χ0) is 15.9. The van der Waals surface area contributed by atoms with E-state index in [0.717, 1.165) is 48.1 Å². The van der Waals surface area contributed by atoms with Crippen LogP contribution in [0.2, 0.25) is 0 Å². The van der Waals surface area contributed by atoms with Crippen molar-refractivity contribution < 1.29 is 9.84 Å². The molecule has 0 aliphatic rings. The lowest BCUT2D eigenvalue weighted by Gasteiger charge is -2.16. The number of ether oxygens (including phenoxy) is 1. The normalized spacial score (nSPS) is 10.7. The van der Waals surface area contributed by atoms with Crippen molar-refractivity contribution in [3.05, 3.63) is 53.1 Å². The molecule has 0 bridgehead atoms. The van der Waals surface area contributed by atoms with Gasteiger partial charge >= 0.3 is 0 Å². The lowest BCUT2D eigenvalue weighted by Crippen LogP contribution is -2.00. The molecule has 0 heterocycles. The summed E-state index contributed by atoms with van der Waals surface area (Å²) in [5.74, 6) is 0.984. The molecule has 0 saturated carbocycles. The number of hydrogen-bond acceptors (Lipinski definition) is 2. The van der Waals surface area contributed by atoms with Crippen molar-refractivity contribution in [1.82, 2.24) is 0 Å². The highest BCUT2D eigenvalue weighted by molar-refractivity contribution is 5.68. The third kappa shape index (κ3) is 3.69. The Hall–Kier alpha value is -1.80. The summed E-state index contributed by atoms with van der Waals surface area (Å²) in [6, 6.07) is 12.5. The molecule has 0 aliphatic carbocycles. The van der Waals surface area contributed by atoms with Crippen LogP contribution in [0.3, 0.4) is 0 Å². The van der Waals surface area contributed by atoms with Crippen LogP contribution in [-0.2, 0) is 19.4 Å². The zero-order valence-electron chi connectivity index (χ0n) is 13.9. The van der Waals surface area contributed by atoms with Gasteiger partial charge in [-0.3, -0.25) is 0 Å². The molecule has 2 aromatic rings. The highest BCUT2D eigenvalue weighted by Crippen LogP contribution is 2.32. The van der Waals surface area contributed by atoms with Crippen molar-refractivity contribution in [2.45, 2.75) is 46.1 Å². The Morgan fingerprint density at radius 2 is 1.73 bits per heavy atom. The highest BCUT2D eigenvalue weighted by atomic mass is 16.5. The molecule has 0 fully saturated rings. The molecule has 118 valence electrons. The van der Waals surface area contributed by atoms with Crippen LogP contribution in [0, 0.1) is 0 Å². The van der Waals surface area contributed by atoms with Gasteiger partial charge in [0, 0.05) is 0 Å². The Labute approximate surface area is 133 Å². The predicted molar refractivity (Wildman–Crippen MR) is 92.3 cm³/mol. The summed E-state index contributed by atoms with van der Waals surface area (Å²) in [7, 11) is 1.75. The molecule has 2 aromatic carbocycles. The first kappa shape index (κ1) is 16.6. The maximum atomic E-state index is 9.34. The van der Waals surface area contributed by atoms with Crippen molar-refractivity contribution in [2.75, 3.05) is 7.11 Å². The SMILES string of the molecule is CCCc1cc(-c2cccc(CO)c2)cc(OC)c1CCC. The van der Waals surface area contributed by atoms with Crippen molar-refractivity contribution in [1.29, 1.82) is 0 Å². The molecule has 0 amide bonds. The molecule has 0 atom stereocenters. The number of benzene rings is 2. The van der Waals surface area contributed by atoms with Crippen molar-refractivity contribution in [3.8, 4) is 16.9 Å². The Morgan fingerprint density at radius 3 is 2.36 bits per heavy atom. The zero-order valence-corrected chi connectivity index (χ0v) is 13.9. The number of methoxy groups -OCH3 is 1. The molecule has 0 aromatic heterocycles. The second-order valence-corrected chi connectivity index (χ2v) is 5.67. The Balaban J connectivity index is 2.53. The molecule has 0 aliphatic heterocycles. The van der Waals surface area contributed by atoms with E-state index in [1.165, 1.54) is 11.1 Å². The van der Waals surface area contributed by atoms with E-state index in [-0.39, 0.29) is 6.61 Å². The molecule has 0 spiro atoms. The molecule has 2 heteroatoms. The van der Waals surface area contributed by atoms with E-state index in [1.54, 1.807) is 7.11 Å². The van der Waals surface area contributed by atoms with Crippen LogP contribution in [0.1, 0.15) is 43.4 Å². The number of rotatable bonds is 7. The van der Waals surface area contributed by atoms with E-state index < -0.39 is 0 Å². The lowest BCUT2D eigenvalue weighted by molar-refractivity contribution is 0.282. The second kappa shape index (κ2) is 8.00. The van der Waals surface area contributed by atoms with Gasteiger partial charge in [0.2, 0.25) is 0 Å². The minimum absolute atomic E-state index is 0.0701. The fourth-order valence-electron chi connectivity index (χ4n) is 2.93. The van der Waals surface area contributed by atoms with Crippen LogP contribution >= 0.6 is 0 Å². The van der Waals surface area contributed by atoms with E-state index in [0.29, 0.717) is 0 Å². The average molecular weight is 298 g/mol. The lowest BCUT2D eigenvalue weighted by atomic mass is 9.93. The topological polar surface area (TPSA) is 29.5 Å². The standard InChI is InChI=1S/C20H26O2/c1-4-7-17-12-18(13-20(22-3)19(17)8-5-2)16-10-6-9-15(11-16)14-21/h6,9-13,21H,4-5,7-8,14H2,1-3H3. The van der Waals surface area contributed by atoms with Gasteiger partial charge in [-0.15, -0.1) is 0 Å². The van der Waals surface area contributed by atoms with Crippen LogP contribution in [-0.4, -0.2) is 12.2 Å². The fraction of sp³-hybridized carbons (Fsp3) is 0.400. The van der Waals surface area contributed by atoms with E-state index >= 15 is 0 Å². The van der Waals surface area contributed by atoms with Gasteiger partial charge in [-0.2, -0.15) is 0 Å². The maximum Gasteiger partial charge on any atom is 0.122 e. The Kier molecular flexibility index (Phi) is 6.02. The van der Waals surface area contributed by atoms with E-state index in [1.807, 2.05) is 18.2 Å². The molecule has 0 saturated heterocycles. The van der Waals surface area contributed by atoms with Gasteiger partial charge in [0.05, 0.1) is 13.7 Å². The number of aliphatic hydroxyl groups is 1. The highest BCUT2D eigenvalue weighted by Gasteiger charge is 2.12. The molecule has 0 radical (unpaired) electrons. The summed E-state index contributed by atoms with van der Waals surface area (Å²) in [5, 5.41) is 9.34. The summed E-state index contributed by atoms with van der Waals surface area (Å²) >= 11 is 0. The quantitative estimate of drug-likeness (QED) is 0.798. The van der Waals surface area contributed by atoms with Crippen LogP contribution < -0.4 is 4.74 Å². The van der Waals surface area contributed by atoms with Crippen molar-refractivity contribution >= 4 is 0 Å². The van der Waals surface area contributed by atoms with E-state index in [4.69, 9.17) is 4.74 Å². The van der Waals surface area contributed by atoms with Gasteiger partial charge in [-0.25, -0.2) is 0 Å². The minimum atomic E-state index is 0.0701. The first-order chi connectivity index (χ1) is 10.7. The van der Waals surface area contributed by atoms with Gasteiger partial charge < -0.3 is 9.84 Å². The molecule has 2 rings (SSSR count). The fourth-order valence-corrected chi connectivity index (χ4v) is 2.93. The van der Waals surface area contributed by atoms with Crippen LogP contribution in [0.25, 0.3) is 11.1 Å². The monoisotopic (exact) mass is 298 g/mol. The first-order valence-corrected chi connectivity index (χ1v) is 8.13. The molecule has 2 nitrogen and oxygen atoms in total. The van der Waals surface area contributed by atoms with Gasteiger partial charge in [0.1, 0.15) is 5.75 Å². The first-order valence-electron chi connectivity index (χ1n) is 8.13. The number of aryl methyl sites for hydroxylation is 1.